The molecular weight excluding hydrogens is 314 g/mol. The van der Waals surface area contributed by atoms with E-state index in [9.17, 15) is 9.59 Å². The smallest absolute Gasteiger partial charge is 0.253 e. The minimum Gasteiger partial charge on any atom is -0.350 e. The van der Waals surface area contributed by atoms with Gasteiger partial charge in [0.15, 0.2) is 0 Å². The predicted octanol–water partition coefficient (Wildman–Crippen LogP) is 2.70. The first-order valence-electron chi connectivity index (χ1n) is 7.93. The Kier molecular flexibility index (Phi) is 7.52. The average molecular weight is 340 g/mol. The summed E-state index contributed by atoms with van der Waals surface area (Å²) in [5.41, 5.74) is 7.00. The molecule has 0 spiro atoms. The Balaban J connectivity index is 0.00000264. The van der Waals surface area contributed by atoms with Gasteiger partial charge in [-0.05, 0) is 45.2 Å². The summed E-state index contributed by atoms with van der Waals surface area (Å²) in [6.45, 7) is 3.81. The molecule has 5 nitrogen and oxygen atoms in total. The van der Waals surface area contributed by atoms with E-state index in [0.717, 1.165) is 19.3 Å². The van der Waals surface area contributed by atoms with Crippen LogP contribution in [0.2, 0.25) is 0 Å². The van der Waals surface area contributed by atoms with Crippen molar-refractivity contribution in [1.82, 2.24) is 5.32 Å². The Morgan fingerprint density at radius 2 is 1.91 bits per heavy atom. The third kappa shape index (κ3) is 5.52. The van der Waals surface area contributed by atoms with Crippen LogP contribution in [-0.4, -0.2) is 23.9 Å². The minimum absolute atomic E-state index is 0. The summed E-state index contributed by atoms with van der Waals surface area (Å²) in [4.78, 5) is 24.6. The fraction of sp³-hybridized carbons (Fsp3) is 0.529. The second-order valence-electron chi connectivity index (χ2n) is 6.29. The monoisotopic (exact) mass is 339 g/mol. The van der Waals surface area contributed by atoms with Gasteiger partial charge in [-0.2, -0.15) is 0 Å². The topological polar surface area (TPSA) is 84.2 Å². The molecule has 0 heterocycles. The Labute approximate surface area is 143 Å². The van der Waals surface area contributed by atoms with Crippen molar-refractivity contribution in [2.75, 3.05) is 5.32 Å². The molecule has 0 radical (unpaired) electrons. The van der Waals surface area contributed by atoms with E-state index < -0.39 is 0 Å². The van der Waals surface area contributed by atoms with Crippen LogP contribution in [0.1, 0.15) is 49.9 Å². The summed E-state index contributed by atoms with van der Waals surface area (Å²) in [6, 6.07) is 7.24. The Morgan fingerprint density at radius 3 is 2.57 bits per heavy atom. The van der Waals surface area contributed by atoms with Crippen LogP contribution >= 0.6 is 12.4 Å². The molecule has 2 rings (SSSR count). The molecule has 1 aromatic rings. The van der Waals surface area contributed by atoms with Crippen LogP contribution in [-0.2, 0) is 4.79 Å². The second kappa shape index (κ2) is 8.89. The number of carbonyl (C=O) groups is 2. The minimum atomic E-state index is -0.175. The number of carbonyl (C=O) groups excluding carboxylic acids is 2. The molecule has 1 saturated carbocycles. The highest BCUT2D eigenvalue weighted by Gasteiger charge is 2.26. The lowest BCUT2D eigenvalue weighted by atomic mass is 9.85. The van der Waals surface area contributed by atoms with Gasteiger partial charge in [-0.25, -0.2) is 0 Å². The van der Waals surface area contributed by atoms with Crippen molar-refractivity contribution in [3.8, 4) is 0 Å². The van der Waals surface area contributed by atoms with Crippen molar-refractivity contribution < 1.29 is 9.59 Å². The molecule has 1 aliphatic rings. The summed E-state index contributed by atoms with van der Waals surface area (Å²) in [6.07, 6.45) is 3.54. The van der Waals surface area contributed by atoms with Crippen molar-refractivity contribution in [1.29, 1.82) is 0 Å². The lowest BCUT2D eigenvalue weighted by molar-refractivity contribution is -0.120. The summed E-state index contributed by atoms with van der Waals surface area (Å²) in [5.74, 6) is -0.281. The van der Waals surface area contributed by atoms with Gasteiger partial charge in [-0.1, -0.05) is 18.6 Å². The number of amides is 2. The fourth-order valence-electron chi connectivity index (χ4n) is 2.83. The first kappa shape index (κ1) is 19.5. The van der Waals surface area contributed by atoms with Crippen LogP contribution in [0.15, 0.2) is 24.3 Å². The van der Waals surface area contributed by atoms with Crippen molar-refractivity contribution >= 4 is 29.9 Å². The highest BCUT2D eigenvalue weighted by molar-refractivity contribution is 6.04. The molecule has 1 aliphatic carbocycles. The van der Waals surface area contributed by atoms with E-state index in [0.29, 0.717) is 17.7 Å². The molecule has 1 fully saturated rings. The van der Waals surface area contributed by atoms with Gasteiger partial charge in [0, 0.05) is 18.0 Å². The largest absolute Gasteiger partial charge is 0.350 e. The Hall–Kier alpha value is -1.59. The Bertz CT molecular complexity index is 548. The number of para-hydroxylation sites is 1. The first-order valence-corrected chi connectivity index (χ1v) is 7.93. The molecule has 2 atom stereocenters. The van der Waals surface area contributed by atoms with Crippen LogP contribution in [0.3, 0.4) is 0 Å². The SMILES string of the molecule is CC(C)NC(=O)c1ccccc1NC(=O)C1CCCC(N)C1.Cl. The second-order valence-corrected chi connectivity index (χ2v) is 6.29. The van der Waals surface area contributed by atoms with E-state index in [1.807, 2.05) is 19.9 Å². The van der Waals surface area contributed by atoms with Crippen LogP contribution in [0.4, 0.5) is 5.69 Å². The number of nitrogens with two attached hydrogens (primary N) is 1. The highest BCUT2D eigenvalue weighted by atomic mass is 35.5. The van der Waals surface area contributed by atoms with E-state index in [-0.39, 0.29) is 42.2 Å². The van der Waals surface area contributed by atoms with Crippen molar-refractivity contribution in [3.05, 3.63) is 29.8 Å². The van der Waals surface area contributed by atoms with Crippen molar-refractivity contribution in [2.24, 2.45) is 11.7 Å². The average Bonchev–Trinajstić information content (AvgIpc) is 2.47. The van der Waals surface area contributed by atoms with E-state index >= 15 is 0 Å². The predicted molar refractivity (Wildman–Crippen MR) is 94.9 cm³/mol. The standard InChI is InChI=1S/C17H25N3O2.ClH/c1-11(2)19-17(22)14-8-3-4-9-15(14)20-16(21)12-6-5-7-13(18)10-12;/h3-4,8-9,11-13H,5-7,10,18H2,1-2H3,(H,19,22)(H,20,21);1H. The molecule has 6 heteroatoms. The quantitative estimate of drug-likeness (QED) is 0.788. The van der Waals surface area contributed by atoms with E-state index in [2.05, 4.69) is 10.6 Å². The zero-order valence-corrected chi connectivity index (χ0v) is 14.5. The maximum atomic E-state index is 12.4. The van der Waals surface area contributed by atoms with Gasteiger partial charge in [0.25, 0.3) is 5.91 Å². The number of anilines is 1. The number of nitrogens with one attached hydrogen (secondary N) is 2. The first-order chi connectivity index (χ1) is 10.5. The highest BCUT2D eigenvalue weighted by Crippen LogP contribution is 2.25. The van der Waals surface area contributed by atoms with Gasteiger partial charge in [0.2, 0.25) is 5.91 Å². The molecular formula is C17H26ClN3O2. The Morgan fingerprint density at radius 1 is 1.22 bits per heavy atom. The molecule has 0 bridgehead atoms. The van der Waals surface area contributed by atoms with Gasteiger partial charge < -0.3 is 16.4 Å². The van der Waals surface area contributed by atoms with Gasteiger partial charge >= 0.3 is 0 Å². The van der Waals surface area contributed by atoms with Gasteiger partial charge in [0.1, 0.15) is 0 Å². The molecule has 1 aromatic carbocycles. The number of hydrogen-bond acceptors (Lipinski definition) is 3. The molecule has 0 aromatic heterocycles. The lowest BCUT2D eigenvalue weighted by Gasteiger charge is -2.26. The molecule has 128 valence electrons. The van der Waals surface area contributed by atoms with Crippen LogP contribution in [0.5, 0.6) is 0 Å². The molecule has 0 aliphatic heterocycles. The van der Waals surface area contributed by atoms with Gasteiger partial charge in [-0.3, -0.25) is 9.59 Å². The normalized spacial score (nSPS) is 20.5. The summed E-state index contributed by atoms with van der Waals surface area (Å²) >= 11 is 0. The van der Waals surface area contributed by atoms with Crippen LogP contribution in [0.25, 0.3) is 0 Å². The zero-order valence-electron chi connectivity index (χ0n) is 13.7. The van der Waals surface area contributed by atoms with Crippen molar-refractivity contribution in [3.63, 3.8) is 0 Å². The maximum absolute atomic E-state index is 12.4. The van der Waals surface area contributed by atoms with Gasteiger partial charge in [0.05, 0.1) is 11.3 Å². The summed E-state index contributed by atoms with van der Waals surface area (Å²) < 4.78 is 0. The third-order valence-electron chi connectivity index (χ3n) is 3.93. The van der Waals surface area contributed by atoms with E-state index in [4.69, 9.17) is 5.73 Å². The van der Waals surface area contributed by atoms with Crippen LogP contribution in [0, 0.1) is 5.92 Å². The van der Waals surface area contributed by atoms with Crippen LogP contribution < -0.4 is 16.4 Å². The molecule has 2 amide bonds. The van der Waals surface area contributed by atoms with Gasteiger partial charge in [-0.15, -0.1) is 12.4 Å². The lowest BCUT2D eigenvalue weighted by Crippen LogP contribution is -2.35. The molecule has 2 unspecified atom stereocenters. The molecule has 23 heavy (non-hydrogen) atoms. The van der Waals surface area contributed by atoms with E-state index in [1.54, 1.807) is 18.2 Å². The number of rotatable bonds is 4. The number of halogens is 1. The number of hydrogen-bond donors (Lipinski definition) is 3. The third-order valence-corrected chi connectivity index (χ3v) is 3.93. The molecule has 0 saturated heterocycles. The van der Waals surface area contributed by atoms with Crippen molar-refractivity contribution in [2.45, 2.75) is 51.6 Å². The summed E-state index contributed by atoms with van der Waals surface area (Å²) in [7, 11) is 0. The maximum Gasteiger partial charge on any atom is 0.253 e. The fourth-order valence-corrected chi connectivity index (χ4v) is 2.83. The number of benzene rings is 1. The summed E-state index contributed by atoms with van der Waals surface area (Å²) in [5, 5.41) is 5.75. The van der Waals surface area contributed by atoms with E-state index in [1.165, 1.54) is 0 Å². The zero-order chi connectivity index (χ0) is 16.1. The molecule has 4 N–H and O–H groups in total.